The lowest BCUT2D eigenvalue weighted by Gasteiger charge is -2.42. The van der Waals surface area contributed by atoms with Crippen molar-refractivity contribution >= 4 is 0 Å². The lowest BCUT2D eigenvalue weighted by Crippen LogP contribution is -2.48. The van der Waals surface area contributed by atoms with Crippen molar-refractivity contribution in [1.29, 1.82) is 0 Å². The molecule has 0 unspecified atom stereocenters. The maximum atomic E-state index is 5.39. The maximum absolute atomic E-state index is 5.39. The number of benzene rings is 1. The van der Waals surface area contributed by atoms with E-state index in [1.165, 1.54) is 5.56 Å². The molecule has 2 rings (SSSR count). The van der Waals surface area contributed by atoms with Crippen LogP contribution in [0.1, 0.15) is 12.0 Å². The summed E-state index contributed by atoms with van der Waals surface area (Å²) in [5.41, 5.74) is 1.57. The SMILES string of the molecule is CNCCC1(c2ccc(OC)cc2)COC1. The monoisotopic (exact) mass is 221 g/mol. The highest BCUT2D eigenvalue weighted by Gasteiger charge is 2.39. The van der Waals surface area contributed by atoms with Gasteiger partial charge in [0.2, 0.25) is 0 Å². The van der Waals surface area contributed by atoms with Crippen LogP contribution in [0.2, 0.25) is 0 Å². The minimum atomic E-state index is 0.218. The van der Waals surface area contributed by atoms with Crippen LogP contribution in [0.5, 0.6) is 5.75 Å². The molecule has 1 aliphatic rings. The lowest BCUT2D eigenvalue weighted by atomic mass is 9.76. The van der Waals surface area contributed by atoms with E-state index in [0.717, 1.165) is 31.9 Å². The number of methoxy groups -OCH3 is 1. The summed E-state index contributed by atoms with van der Waals surface area (Å²) in [5, 5.41) is 3.20. The van der Waals surface area contributed by atoms with E-state index in [1.54, 1.807) is 7.11 Å². The van der Waals surface area contributed by atoms with Crippen LogP contribution < -0.4 is 10.1 Å². The molecule has 1 fully saturated rings. The Kier molecular flexibility index (Phi) is 3.46. The average Bonchev–Trinajstić information content (AvgIpc) is 2.29. The molecule has 88 valence electrons. The Hall–Kier alpha value is -1.06. The molecule has 1 heterocycles. The molecule has 1 N–H and O–H groups in total. The third-order valence-corrected chi connectivity index (χ3v) is 3.31. The van der Waals surface area contributed by atoms with Crippen LogP contribution >= 0.6 is 0 Å². The van der Waals surface area contributed by atoms with Crippen molar-refractivity contribution in [3.8, 4) is 5.75 Å². The van der Waals surface area contributed by atoms with Crippen molar-refractivity contribution in [3.63, 3.8) is 0 Å². The van der Waals surface area contributed by atoms with Crippen molar-refractivity contribution in [2.45, 2.75) is 11.8 Å². The van der Waals surface area contributed by atoms with Gasteiger partial charge in [0.15, 0.2) is 0 Å². The van der Waals surface area contributed by atoms with Crippen molar-refractivity contribution in [2.24, 2.45) is 0 Å². The Morgan fingerprint density at radius 2 is 2.00 bits per heavy atom. The van der Waals surface area contributed by atoms with Crippen LogP contribution in [0.15, 0.2) is 24.3 Å². The number of nitrogens with one attached hydrogen (secondary N) is 1. The summed E-state index contributed by atoms with van der Waals surface area (Å²) >= 11 is 0. The first-order valence-electron chi connectivity index (χ1n) is 5.68. The number of ether oxygens (including phenoxy) is 2. The molecule has 0 bridgehead atoms. The molecule has 0 atom stereocenters. The second kappa shape index (κ2) is 4.85. The number of rotatable bonds is 5. The predicted molar refractivity (Wildman–Crippen MR) is 64.0 cm³/mol. The van der Waals surface area contributed by atoms with Gasteiger partial charge >= 0.3 is 0 Å². The normalized spacial score (nSPS) is 17.9. The summed E-state index contributed by atoms with van der Waals surface area (Å²) in [7, 11) is 3.68. The van der Waals surface area contributed by atoms with Gasteiger partial charge in [-0.1, -0.05) is 12.1 Å². The van der Waals surface area contributed by atoms with Gasteiger partial charge < -0.3 is 14.8 Å². The van der Waals surface area contributed by atoms with Crippen LogP contribution in [0.4, 0.5) is 0 Å². The zero-order chi connectivity index (χ0) is 11.4. The van der Waals surface area contributed by atoms with Crippen molar-refractivity contribution in [2.75, 3.05) is 33.9 Å². The molecular weight excluding hydrogens is 202 g/mol. The fraction of sp³-hybridized carbons (Fsp3) is 0.538. The fourth-order valence-corrected chi connectivity index (χ4v) is 2.11. The largest absolute Gasteiger partial charge is 0.497 e. The molecule has 1 saturated heterocycles. The van der Waals surface area contributed by atoms with Gasteiger partial charge in [0.05, 0.1) is 20.3 Å². The fourth-order valence-electron chi connectivity index (χ4n) is 2.11. The zero-order valence-corrected chi connectivity index (χ0v) is 9.95. The molecular formula is C13H19NO2. The van der Waals surface area contributed by atoms with Crippen molar-refractivity contribution in [1.82, 2.24) is 5.32 Å². The van der Waals surface area contributed by atoms with Crippen molar-refractivity contribution < 1.29 is 9.47 Å². The van der Waals surface area contributed by atoms with E-state index in [-0.39, 0.29) is 5.41 Å². The third kappa shape index (κ3) is 2.06. The van der Waals surface area contributed by atoms with Crippen LogP contribution in [0, 0.1) is 0 Å². The first-order valence-corrected chi connectivity index (χ1v) is 5.68. The molecule has 0 saturated carbocycles. The highest BCUT2D eigenvalue weighted by Crippen LogP contribution is 2.36. The van der Waals surface area contributed by atoms with E-state index in [0.29, 0.717) is 0 Å². The molecule has 1 aliphatic heterocycles. The lowest BCUT2D eigenvalue weighted by molar-refractivity contribution is -0.0638. The van der Waals surface area contributed by atoms with Crippen LogP contribution in [0.25, 0.3) is 0 Å². The predicted octanol–water partition coefficient (Wildman–Crippen LogP) is 1.57. The molecule has 0 radical (unpaired) electrons. The third-order valence-electron chi connectivity index (χ3n) is 3.31. The van der Waals surface area contributed by atoms with Gasteiger partial charge in [-0.25, -0.2) is 0 Å². The quantitative estimate of drug-likeness (QED) is 0.818. The smallest absolute Gasteiger partial charge is 0.118 e. The minimum absolute atomic E-state index is 0.218. The van der Waals surface area contributed by atoms with E-state index < -0.39 is 0 Å². The Morgan fingerprint density at radius 3 is 2.44 bits per heavy atom. The highest BCUT2D eigenvalue weighted by molar-refractivity contribution is 5.34. The molecule has 0 aliphatic carbocycles. The molecule has 3 nitrogen and oxygen atoms in total. The van der Waals surface area contributed by atoms with Gasteiger partial charge in [-0.15, -0.1) is 0 Å². The van der Waals surface area contributed by atoms with Crippen LogP contribution in [-0.2, 0) is 10.2 Å². The van der Waals surface area contributed by atoms with E-state index in [1.807, 2.05) is 19.2 Å². The van der Waals surface area contributed by atoms with Gasteiger partial charge in [0.25, 0.3) is 0 Å². The van der Waals surface area contributed by atoms with Gasteiger partial charge in [-0.05, 0) is 37.7 Å². The maximum Gasteiger partial charge on any atom is 0.118 e. The summed E-state index contributed by atoms with van der Waals surface area (Å²) in [5.74, 6) is 0.910. The summed E-state index contributed by atoms with van der Waals surface area (Å²) in [6.07, 6.45) is 1.12. The molecule has 0 aromatic heterocycles. The standard InChI is InChI=1S/C13H19NO2/c1-14-8-7-13(9-16-10-13)11-3-5-12(15-2)6-4-11/h3-6,14H,7-10H2,1-2H3. The summed E-state index contributed by atoms with van der Waals surface area (Å²) in [6, 6.07) is 8.34. The Labute approximate surface area is 96.8 Å². The van der Waals surface area contributed by atoms with E-state index >= 15 is 0 Å². The highest BCUT2D eigenvalue weighted by atomic mass is 16.5. The molecule has 3 heteroatoms. The van der Waals surface area contributed by atoms with Gasteiger partial charge in [0, 0.05) is 5.41 Å². The summed E-state index contributed by atoms with van der Waals surface area (Å²) in [6.45, 7) is 2.69. The average molecular weight is 221 g/mol. The molecule has 1 aromatic carbocycles. The Morgan fingerprint density at radius 1 is 1.31 bits per heavy atom. The summed E-state index contributed by atoms with van der Waals surface area (Å²) < 4.78 is 10.6. The van der Waals surface area contributed by atoms with Crippen molar-refractivity contribution in [3.05, 3.63) is 29.8 Å². The Bertz CT molecular complexity index is 330. The second-order valence-electron chi connectivity index (χ2n) is 4.36. The van der Waals surface area contributed by atoms with Crippen LogP contribution in [0.3, 0.4) is 0 Å². The van der Waals surface area contributed by atoms with Gasteiger partial charge in [-0.3, -0.25) is 0 Å². The number of hydrogen-bond acceptors (Lipinski definition) is 3. The topological polar surface area (TPSA) is 30.5 Å². The van der Waals surface area contributed by atoms with E-state index in [9.17, 15) is 0 Å². The number of hydrogen-bond donors (Lipinski definition) is 1. The molecule has 0 spiro atoms. The first kappa shape index (κ1) is 11.4. The Balaban J connectivity index is 2.13. The van der Waals surface area contributed by atoms with Gasteiger partial charge in [-0.2, -0.15) is 0 Å². The van der Waals surface area contributed by atoms with Crippen LogP contribution in [-0.4, -0.2) is 33.9 Å². The second-order valence-corrected chi connectivity index (χ2v) is 4.36. The minimum Gasteiger partial charge on any atom is -0.497 e. The van der Waals surface area contributed by atoms with E-state index in [4.69, 9.17) is 9.47 Å². The summed E-state index contributed by atoms with van der Waals surface area (Å²) in [4.78, 5) is 0. The first-order chi connectivity index (χ1) is 7.80. The van der Waals surface area contributed by atoms with Gasteiger partial charge in [0.1, 0.15) is 5.75 Å². The molecule has 0 amide bonds. The zero-order valence-electron chi connectivity index (χ0n) is 9.95. The van der Waals surface area contributed by atoms with E-state index in [2.05, 4.69) is 17.4 Å². The molecule has 16 heavy (non-hydrogen) atoms. The molecule has 1 aromatic rings.